The summed E-state index contributed by atoms with van der Waals surface area (Å²) in [6, 6.07) is -0.324. The van der Waals surface area contributed by atoms with Gasteiger partial charge in [-0.25, -0.2) is 4.79 Å². The Morgan fingerprint density at radius 3 is 2.53 bits per heavy atom. The smallest absolute Gasteiger partial charge is 0.325 e. The van der Waals surface area contributed by atoms with E-state index in [2.05, 4.69) is 5.32 Å². The Labute approximate surface area is 93.2 Å². The van der Waals surface area contributed by atoms with Gasteiger partial charge in [0.15, 0.2) is 0 Å². The van der Waals surface area contributed by atoms with E-state index in [4.69, 9.17) is 5.11 Å². The molecule has 0 aromatic carbocycles. The van der Waals surface area contributed by atoms with Crippen LogP contribution in [0.1, 0.15) is 13.8 Å². The third kappa shape index (κ3) is 2.85. The third-order valence-corrected chi connectivity index (χ3v) is 3.08. The summed E-state index contributed by atoms with van der Waals surface area (Å²) in [5.74, 6) is 1.11. The fraction of sp³-hybridized carbons (Fsp3) is 0.778. The lowest BCUT2D eigenvalue weighted by molar-refractivity contribution is -0.130. The first-order valence-corrected chi connectivity index (χ1v) is 5.97. The van der Waals surface area contributed by atoms with Crippen molar-refractivity contribution in [2.45, 2.75) is 19.4 Å². The summed E-state index contributed by atoms with van der Waals surface area (Å²) in [7, 11) is 0. The van der Waals surface area contributed by atoms with Crippen molar-refractivity contribution in [1.82, 2.24) is 10.2 Å². The molecule has 3 amide bonds. The first kappa shape index (κ1) is 12.3. The quantitative estimate of drug-likeness (QED) is 0.519. The Hall–Kier alpha value is -0.750. The van der Waals surface area contributed by atoms with Crippen LogP contribution in [0.15, 0.2) is 0 Å². The predicted octanol–water partition coefficient (Wildman–Crippen LogP) is 0.0423. The molecule has 86 valence electrons. The molecule has 0 aliphatic carbocycles. The lowest BCUT2D eigenvalue weighted by Crippen LogP contribution is -2.40. The Kier molecular flexibility index (Phi) is 3.98. The molecule has 0 radical (unpaired) electrons. The summed E-state index contributed by atoms with van der Waals surface area (Å²) in [6.45, 7) is 3.90. The highest BCUT2D eigenvalue weighted by molar-refractivity contribution is 7.99. The van der Waals surface area contributed by atoms with Crippen LogP contribution in [0.3, 0.4) is 0 Å². The number of nitrogens with zero attached hydrogens (tertiary/aromatic N) is 1. The number of amides is 3. The van der Waals surface area contributed by atoms with Crippen LogP contribution in [0.2, 0.25) is 0 Å². The van der Waals surface area contributed by atoms with Crippen molar-refractivity contribution < 1.29 is 14.7 Å². The maximum atomic E-state index is 11.7. The lowest BCUT2D eigenvalue weighted by atomic mass is 10.1. The van der Waals surface area contributed by atoms with Crippen molar-refractivity contribution in [3.63, 3.8) is 0 Å². The minimum Gasteiger partial charge on any atom is -0.396 e. The second-order valence-corrected chi connectivity index (χ2v) is 5.07. The summed E-state index contributed by atoms with van der Waals surface area (Å²) in [5.41, 5.74) is -0.779. The number of carbonyl (C=O) groups is 2. The zero-order valence-electron chi connectivity index (χ0n) is 8.95. The SMILES string of the molecule is CC1(C)NC(=O)N(CCSCCO)C1=O. The van der Waals surface area contributed by atoms with Gasteiger partial charge in [0, 0.05) is 18.1 Å². The molecule has 1 aliphatic rings. The van der Waals surface area contributed by atoms with Crippen molar-refractivity contribution in [3.8, 4) is 0 Å². The third-order valence-electron chi connectivity index (χ3n) is 2.14. The molecule has 0 spiro atoms. The van der Waals surface area contributed by atoms with Gasteiger partial charge in [-0.2, -0.15) is 11.8 Å². The average molecular weight is 232 g/mol. The second kappa shape index (κ2) is 4.85. The van der Waals surface area contributed by atoms with Crippen LogP contribution in [0.4, 0.5) is 4.79 Å². The van der Waals surface area contributed by atoms with Gasteiger partial charge < -0.3 is 10.4 Å². The van der Waals surface area contributed by atoms with E-state index in [0.29, 0.717) is 18.1 Å². The Morgan fingerprint density at radius 2 is 2.07 bits per heavy atom. The molecule has 0 unspecified atom stereocenters. The number of imide groups is 1. The van der Waals surface area contributed by atoms with Crippen molar-refractivity contribution in [2.24, 2.45) is 0 Å². The highest BCUT2D eigenvalue weighted by Gasteiger charge is 2.43. The first-order valence-electron chi connectivity index (χ1n) is 4.82. The van der Waals surface area contributed by atoms with Gasteiger partial charge in [-0.15, -0.1) is 0 Å². The van der Waals surface area contributed by atoms with Crippen molar-refractivity contribution >= 4 is 23.7 Å². The molecule has 15 heavy (non-hydrogen) atoms. The molecule has 1 saturated heterocycles. The average Bonchev–Trinajstić information content (AvgIpc) is 2.33. The summed E-state index contributed by atoms with van der Waals surface area (Å²) in [6.07, 6.45) is 0. The van der Waals surface area contributed by atoms with E-state index in [1.165, 1.54) is 16.7 Å². The summed E-state index contributed by atoms with van der Waals surface area (Å²) < 4.78 is 0. The number of carbonyl (C=O) groups excluding carboxylic acids is 2. The Bertz CT molecular complexity index is 268. The number of nitrogens with one attached hydrogen (secondary N) is 1. The van der Waals surface area contributed by atoms with Gasteiger partial charge in [0.05, 0.1) is 6.61 Å². The van der Waals surface area contributed by atoms with Crippen molar-refractivity contribution in [2.75, 3.05) is 24.7 Å². The molecule has 0 bridgehead atoms. The number of thioether (sulfide) groups is 1. The van der Waals surface area contributed by atoms with Crippen LogP contribution in [-0.2, 0) is 4.79 Å². The van der Waals surface area contributed by atoms with Crippen LogP contribution in [0.25, 0.3) is 0 Å². The molecule has 0 aromatic rings. The number of hydrogen-bond acceptors (Lipinski definition) is 4. The molecule has 1 rings (SSSR count). The van der Waals surface area contributed by atoms with Gasteiger partial charge in [-0.3, -0.25) is 9.69 Å². The number of urea groups is 1. The largest absolute Gasteiger partial charge is 0.396 e. The maximum Gasteiger partial charge on any atom is 0.325 e. The van der Waals surface area contributed by atoms with E-state index in [1.807, 2.05) is 0 Å². The van der Waals surface area contributed by atoms with Gasteiger partial charge in [-0.05, 0) is 13.8 Å². The first-order chi connectivity index (χ1) is 6.99. The topological polar surface area (TPSA) is 69.6 Å². The molecule has 2 N–H and O–H groups in total. The maximum absolute atomic E-state index is 11.7. The fourth-order valence-electron chi connectivity index (χ4n) is 1.34. The highest BCUT2D eigenvalue weighted by Crippen LogP contribution is 2.16. The van der Waals surface area contributed by atoms with E-state index in [1.54, 1.807) is 13.8 Å². The van der Waals surface area contributed by atoms with Crippen molar-refractivity contribution in [1.29, 1.82) is 0 Å². The number of aliphatic hydroxyl groups excluding tert-OH is 1. The summed E-state index contributed by atoms with van der Waals surface area (Å²) in [4.78, 5) is 24.3. The van der Waals surface area contributed by atoms with Crippen LogP contribution in [-0.4, -0.2) is 52.1 Å². The Balaban J connectivity index is 2.42. The molecular weight excluding hydrogens is 216 g/mol. The summed E-state index contributed by atoms with van der Waals surface area (Å²) in [5, 5.41) is 11.2. The zero-order valence-corrected chi connectivity index (χ0v) is 9.76. The van der Waals surface area contributed by atoms with Gasteiger partial charge in [0.1, 0.15) is 5.54 Å². The lowest BCUT2D eigenvalue weighted by Gasteiger charge is -2.15. The molecule has 5 nitrogen and oxygen atoms in total. The van der Waals surface area contributed by atoms with Crippen LogP contribution < -0.4 is 5.32 Å². The highest BCUT2D eigenvalue weighted by atomic mass is 32.2. The van der Waals surface area contributed by atoms with E-state index in [0.717, 1.165) is 0 Å². The molecule has 0 aromatic heterocycles. The molecule has 1 fully saturated rings. The minimum atomic E-state index is -0.779. The molecular formula is C9H16N2O3S. The molecule has 0 atom stereocenters. The number of rotatable bonds is 5. The molecule has 1 aliphatic heterocycles. The number of aliphatic hydroxyl groups is 1. The van der Waals surface area contributed by atoms with E-state index >= 15 is 0 Å². The molecule has 1 heterocycles. The normalized spacial score (nSPS) is 19.5. The van der Waals surface area contributed by atoms with Crippen LogP contribution in [0, 0.1) is 0 Å². The predicted molar refractivity (Wildman–Crippen MR) is 58.7 cm³/mol. The zero-order chi connectivity index (χ0) is 11.5. The Morgan fingerprint density at radius 1 is 1.40 bits per heavy atom. The molecule has 6 heteroatoms. The molecule has 0 saturated carbocycles. The van der Waals surface area contributed by atoms with Gasteiger partial charge in [-0.1, -0.05) is 0 Å². The monoisotopic (exact) mass is 232 g/mol. The van der Waals surface area contributed by atoms with Gasteiger partial charge in [0.25, 0.3) is 5.91 Å². The fourth-order valence-corrected chi connectivity index (χ4v) is 1.99. The standard InChI is InChI=1S/C9H16N2O3S/c1-9(2)7(13)11(8(14)10-9)3-5-15-6-4-12/h12H,3-6H2,1-2H3,(H,10,14). The van der Waals surface area contributed by atoms with E-state index in [9.17, 15) is 9.59 Å². The van der Waals surface area contributed by atoms with E-state index < -0.39 is 5.54 Å². The minimum absolute atomic E-state index is 0.121. The van der Waals surface area contributed by atoms with E-state index in [-0.39, 0.29) is 18.5 Å². The number of hydrogen-bond donors (Lipinski definition) is 2. The summed E-state index contributed by atoms with van der Waals surface area (Å²) >= 11 is 1.52. The van der Waals surface area contributed by atoms with Crippen molar-refractivity contribution in [3.05, 3.63) is 0 Å². The second-order valence-electron chi connectivity index (χ2n) is 3.85. The van der Waals surface area contributed by atoms with Gasteiger partial charge >= 0.3 is 6.03 Å². The van der Waals surface area contributed by atoms with Gasteiger partial charge in [0.2, 0.25) is 0 Å². The van der Waals surface area contributed by atoms with Crippen LogP contribution >= 0.6 is 11.8 Å². The van der Waals surface area contributed by atoms with Crippen LogP contribution in [0.5, 0.6) is 0 Å².